The summed E-state index contributed by atoms with van der Waals surface area (Å²) in [5, 5.41) is 2.90. The van der Waals surface area contributed by atoms with Crippen LogP contribution in [0.15, 0.2) is 16.5 Å². The van der Waals surface area contributed by atoms with Crippen molar-refractivity contribution < 1.29 is 18.4 Å². The van der Waals surface area contributed by atoms with Gasteiger partial charge in [0.15, 0.2) is 11.5 Å². The highest BCUT2D eigenvalue weighted by Gasteiger charge is 2.29. The lowest BCUT2D eigenvalue weighted by atomic mass is 9.94. The molecule has 1 aliphatic rings. The number of rotatable bonds is 3. The molecular formula is C18H16Cl2FNO3. The number of benzene rings is 1. The van der Waals surface area contributed by atoms with Crippen LogP contribution in [0.1, 0.15) is 63.6 Å². The lowest BCUT2D eigenvalue weighted by molar-refractivity contribution is 0.0906. The standard InChI is InChI=1S/C18H16Cl2FNO3/c1-8-16-14(23)4-3-5-15(16)25-17(8)18(24)22-9(2)10-6-13(21)12(20)7-11(10)19/h6-7,9H,3-5H2,1-2H3,(H,22,24). The van der Waals surface area contributed by atoms with E-state index in [1.807, 2.05) is 0 Å². The first-order chi connectivity index (χ1) is 11.8. The van der Waals surface area contributed by atoms with E-state index < -0.39 is 17.8 Å². The number of carbonyl (C=O) groups is 2. The van der Waals surface area contributed by atoms with Gasteiger partial charge in [-0.15, -0.1) is 0 Å². The lowest BCUT2D eigenvalue weighted by Crippen LogP contribution is -2.27. The van der Waals surface area contributed by atoms with E-state index in [0.717, 1.165) is 6.42 Å². The molecule has 0 saturated carbocycles. The Bertz CT molecular complexity index is 876. The van der Waals surface area contributed by atoms with Gasteiger partial charge in [0.1, 0.15) is 11.6 Å². The Labute approximate surface area is 154 Å². The average Bonchev–Trinajstić information content (AvgIpc) is 2.89. The minimum Gasteiger partial charge on any atom is -0.455 e. The van der Waals surface area contributed by atoms with Crippen LogP contribution >= 0.6 is 23.2 Å². The van der Waals surface area contributed by atoms with E-state index in [1.54, 1.807) is 13.8 Å². The number of ketones is 1. The maximum absolute atomic E-state index is 13.7. The van der Waals surface area contributed by atoms with Crippen molar-refractivity contribution in [3.05, 3.63) is 56.2 Å². The minimum absolute atomic E-state index is 0.00239. The number of amides is 1. The molecule has 0 aliphatic heterocycles. The molecule has 1 aliphatic carbocycles. The summed E-state index contributed by atoms with van der Waals surface area (Å²) < 4.78 is 19.3. The monoisotopic (exact) mass is 383 g/mol. The van der Waals surface area contributed by atoms with Crippen LogP contribution in [0.2, 0.25) is 10.0 Å². The fraction of sp³-hybridized carbons (Fsp3) is 0.333. The second kappa shape index (κ2) is 6.81. The summed E-state index contributed by atoms with van der Waals surface area (Å²) in [6.07, 6.45) is 1.82. The SMILES string of the molecule is Cc1c(C(=O)NC(C)c2cc(F)c(Cl)cc2Cl)oc2c1C(=O)CCC2. The molecule has 7 heteroatoms. The Morgan fingerprint density at radius 2 is 2.00 bits per heavy atom. The van der Waals surface area contributed by atoms with Crippen molar-refractivity contribution in [3.8, 4) is 0 Å². The van der Waals surface area contributed by atoms with Crippen LogP contribution in [0.4, 0.5) is 4.39 Å². The van der Waals surface area contributed by atoms with Crippen molar-refractivity contribution in [2.24, 2.45) is 0 Å². The first-order valence-corrected chi connectivity index (χ1v) is 8.66. The highest BCUT2D eigenvalue weighted by molar-refractivity contribution is 6.35. The number of Topliss-reactive ketones (excluding diaryl/α,β-unsaturated/α-hetero) is 1. The summed E-state index contributed by atoms with van der Waals surface area (Å²) in [5.74, 6) is -0.423. The Balaban J connectivity index is 1.86. The molecule has 25 heavy (non-hydrogen) atoms. The van der Waals surface area contributed by atoms with Crippen LogP contribution in [0.5, 0.6) is 0 Å². The third-order valence-corrected chi connectivity index (χ3v) is 4.98. The van der Waals surface area contributed by atoms with Crippen LogP contribution in [-0.2, 0) is 6.42 Å². The molecular weight excluding hydrogens is 368 g/mol. The topological polar surface area (TPSA) is 59.3 Å². The molecule has 1 aromatic heterocycles. The summed E-state index contributed by atoms with van der Waals surface area (Å²) in [6.45, 7) is 3.37. The van der Waals surface area contributed by atoms with Gasteiger partial charge in [-0.1, -0.05) is 23.2 Å². The third kappa shape index (κ3) is 3.31. The van der Waals surface area contributed by atoms with Crippen molar-refractivity contribution in [1.82, 2.24) is 5.32 Å². The zero-order chi connectivity index (χ0) is 18.3. The summed E-state index contributed by atoms with van der Waals surface area (Å²) in [4.78, 5) is 24.6. The van der Waals surface area contributed by atoms with E-state index in [2.05, 4.69) is 5.32 Å². The summed E-state index contributed by atoms with van der Waals surface area (Å²) in [7, 11) is 0. The van der Waals surface area contributed by atoms with Crippen molar-refractivity contribution in [2.75, 3.05) is 0 Å². The summed E-state index contributed by atoms with van der Waals surface area (Å²) in [6, 6.07) is 1.93. The molecule has 4 nitrogen and oxygen atoms in total. The van der Waals surface area contributed by atoms with E-state index in [1.165, 1.54) is 12.1 Å². The van der Waals surface area contributed by atoms with Crippen LogP contribution < -0.4 is 5.32 Å². The number of carbonyl (C=O) groups excluding carboxylic acids is 2. The van der Waals surface area contributed by atoms with Crippen molar-refractivity contribution >= 4 is 34.9 Å². The fourth-order valence-electron chi connectivity index (χ4n) is 3.07. The van der Waals surface area contributed by atoms with E-state index in [-0.39, 0.29) is 21.6 Å². The van der Waals surface area contributed by atoms with Crippen LogP contribution in [0.3, 0.4) is 0 Å². The number of fused-ring (bicyclic) bond motifs is 1. The van der Waals surface area contributed by atoms with Gasteiger partial charge in [-0.2, -0.15) is 0 Å². The molecule has 1 N–H and O–H groups in total. The second-order valence-electron chi connectivity index (χ2n) is 6.11. The zero-order valence-corrected chi connectivity index (χ0v) is 15.2. The van der Waals surface area contributed by atoms with Gasteiger partial charge < -0.3 is 9.73 Å². The predicted molar refractivity (Wildman–Crippen MR) is 93.0 cm³/mol. The van der Waals surface area contributed by atoms with Crippen molar-refractivity contribution in [3.63, 3.8) is 0 Å². The maximum Gasteiger partial charge on any atom is 0.287 e. The number of nitrogens with one attached hydrogen (secondary N) is 1. The first-order valence-electron chi connectivity index (χ1n) is 7.90. The van der Waals surface area contributed by atoms with E-state index >= 15 is 0 Å². The molecule has 0 bridgehead atoms. The van der Waals surface area contributed by atoms with Crippen molar-refractivity contribution in [2.45, 2.75) is 39.2 Å². The van der Waals surface area contributed by atoms with Gasteiger partial charge >= 0.3 is 0 Å². The maximum atomic E-state index is 13.7. The zero-order valence-electron chi connectivity index (χ0n) is 13.7. The molecule has 1 unspecified atom stereocenters. The molecule has 3 rings (SSSR count). The number of hydrogen-bond donors (Lipinski definition) is 1. The van der Waals surface area contributed by atoms with Gasteiger partial charge in [0, 0.05) is 23.4 Å². The second-order valence-corrected chi connectivity index (χ2v) is 6.93. The number of hydrogen-bond acceptors (Lipinski definition) is 3. The van der Waals surface area contributed by atoms with Crippen LogP contribution in [0, 0.1) is 12.7 Å². The Hall–Kier alpha value is -1.85. The van der Waals surface area contributed by atoms with E-state index in [4.69, 9.17) is 27.6 Å². The third-order valence-electron chi connectivity index (χ3n) is 4.37. The van der Waals surface area contributed by atoms with Gasteiger partial charge in [0.25, 0.3) is 5.91 Å². The Morgan fingerprint density at radius 3 is 2.68 bits per heavy atom. The van der Waals surface area contributed by atoms with Gasteiger partial charge in [0.2, 0.25) is 0 Å². The molecule has 0 radical (unpaired) electrons. The smallest absolute Gasteiger partial charge is 0.287 e. The molecule has 0 spiro atoms. The summed E-state index contributed by atoms with van der Waals surface area (Å²) in [5.41, 5.74) is 1.46. The number of furan rings is 1. The molecule has 1 aromatic carbocycles. The van der Waals surface area contributed by atoms with Gasteiger partial charge in [-0.05, 0) is 38.0 Å². The average molecular weight is 384 g/mol. The first kappa shape index (κ1) is 18.0. The van der Waals surface area contributed by atoms with Gasteiger partial charge in [-0.25, -0.2) is 4.39 Å². The minimum atomic E-state index is -0.614. The van der Waals surface area contributed by atoms with E-state index in [0.29, 0.717) is 35.3 Å². The predicted octanol–water partition coefficient (Wildman–Crippen LogP) is 5.04. The molecule has 0 saturated heterocycles. The molecule has 1 heterocycles. The van der Waals surface area contributed by atoms with Gasteiger partial charge in [0.05, 0.1) is 16.6 Å². The van der Waals surface area contributed by atoms with Crippen LogP contribution in [0.25, 0.3) is 0 Å². The lowest BCUT2D eigenvalue weighted by Gasteiger charge is -2.16. The quantitative estimate of drug-likeness (QED) is 0.754. The highest BCUT2D eigenvalue weighted by atomic mass is 35.5. The number of aryl methyl sites for hydroxylation is 1. The van der Waals surface area contributed by atoms with E-state index in [9.17, 15) is 14.0 Å². The van der Waals surface area contributed by atoms with Crippen LogP contribution in [-0.4, -0.2) is 11.7 Å². The molecule has 2 aromatic rings. The molecule has 1 amide bonds. The Kier molecular flexibility index (Phi) is 4.89. The molecule has 0 fully saturated rings. The summed E-state index contributed by atoms with van der Waals surface area (Å²) >= 11 is 11.8. The Morgan fingerprint density at radius 1 is 1.28 bits per heavy atom. The highest BCUT2D eigenvalue weighted by Crippen LogP contribution is 2.31. The fourth-order valence-corrected chi connectivity index (χ4v) is 3.62. The van der Waals surface area contributed by atoms with Gasteiger partial charge in [-0.3, -0.25) is 9.59 Å². The molecule has 1 atom stereocenters. The molecule has 132 valence electrons. The largest absolute Gasteiger partial charge is 0.455 e. The van der Waals surface area contributed by atoms with Crippen molar-refractivity contribution in [1.29, 1.82) is 0 Å². The number of halogens is 3. The normalized spacial score (nSPS) is 15.0.